The van der Waals surface area contributed by atoms with Gasteiger partial charge >= 0.3 is 0 Å². The second-order valence-electron chi connectivity index (χ2n) is 3.67. The summed E-state index contributed by atoms with van der Waals surface area (Å²) in [5.41, 5.74) is 0.527. The third kappa shape index (κ3) is 2.85. The molecule has 1 aliphatic rings. The summed E-state index contributed by atoms with van der Waals surface area (Å²) in [6, 6.07) is 5.09. The van der Waals surface area contributed by atoms with E-state index in [0.29, 0.717) is 42.6 Å². The summed E-state index contributed by atoms with van der Waals surface area (Å²) in [6.07, 6.45) is 0.455. The number of hydrogen-bond acceptors (Lipinski definition) is 3. The Morgan fingerprint density at radius 1 is 1.29 bits per heavy atom. The molecule has 1 atom stereocenters. The van der Waals surface area contributed by atoms with E-state index in [1.165, 1.54) is 0 Å². The van der Waals surface area contributed by atoms with Gasteiger partial charge in [-0.05, 0) is 24.6 Å². The fourth-order valence-corrected chi connectivity index (χ4v) is 2.17. The maximum Gasteiger partial charge on any atom is 0.180 e. The van der Waals surface area contributed by atoms with Crippen LogP contribution in [0.1, 0.15) is 16.8 Å². The van der Waals surface area contributed by atoms with Crippen molar-refractivity contribution in [2.24, 2.45) is 0 Å². The van der Waals surface area contributed by atoms with Crippen molar-refractivity contribution in [1.82, 2.24) is 0 Å². The van der Waals surface area contributed by atoms with Crippen molar-refractivity contribution in [2.75, 3.05) is 19.1 Å². The molecule has 0 radical (unpaired) electrons. The average molecular weight is 275 g/mol. The van der Waals surface area contributed by atoms with Gasteiger partial charge < -0.3 is 9.47 Å². The molecule has 5 heteroatoms. The first-order valence-electron chi connectivity index (χ1n) is 5.36. The van der Waals surface area contributed by atoms with Crippen molar-refractivity contribution in [3.8, 4) is 11.5 Å². The smallest absolute Gasteiger partial charge is 0.180 e. The predicted octanol–water partition coefficient (Wildman–Crippen LogP) is 2.88. The second kappa shape index (κ2) is 5.61. The van der Waals surface area contributed by atoms with Gasteiger partial charge in [-0.1, -0.05) is 0 Å². The number of rotatable bonds is 4. The largest absolute Gasteiger partial charge is 0.486 e. The topological polar surface area (TPSA) is 35.5 Å². The molecule has 0 bridgehead atoms. The summed E-state index contributed by atoms with van der Waals surface area (Å²) in [4.78, 5) is 11.9. The second-order valence-corrected chi connectivity index (χ2v) is 4.57. The van der Waals surface area contributed by atoms with Gasteiger partial charge in [-0.3, -0.25) is 4.79 Å². The van der Waals surface area contributed by atoms with E-state index in [1.807, 2.05) is 0 Å². The van der Waals surface area contributed by atoms with Crippen LogP contribution in [-0.2, 0) is 0 Å². The van der Waals surface area contributed by atoms with E-state index in [0.717, 1.165) is 0 Å². The first-order valence-corrected chi connectivity index (χ1v) is 6.33. The van der Waals surface area contributed by atoms with Crippen molar-refractivity contribution in [2.45, 2.75) is 11.8 Å². The Kier molecular flexibility index (Phi) is 4.13. The zero-order valence-corrected chi connectivity index (χ0v) is 10.6. The maximum absolute atomic E-state index is 11.9. The number of alkyl halides is 2. The van der Waals surface area contributed by atoms with Crippen molar-refractivity contribution in [3.05, 3.63) is 23.8 Å². The highest BCUT2D eigenvalue weighted by Gasteiger charge is 2.20. The third-order valence-corrected chi connectivity index (χ3v) is 3.11. The molecule has 1 aromatic carbocycles. The Morgan fingerprint density at radius 2 is 2.00 bits per heavy atom. The van der Waals surface area contributed by atoms with Crippen LogP contribution in [0.25, 0.3) is 0 Å². The molecule has 3 nitrogen and oxygen atoms in total. The van der Waals surface area contributed by atoms with Crippen LogP contribution in [0.15, 0.2) is 18.2 Å². The van der Waals surface area contributed by atoms with Crippen LogP contribution < -0.4 is 9.47 Å². The summed E-state index contributed by atoms with van der Waals surface area (Å²) >= 11 is 11.5. The Balaban J connectivity index is 2.19. The fraction of sp³-hybridized carbons (Fsp3) is 0.417. The lowest BCUT2D eigenvalue weighted by Crippen LogP contribution is -2.18. The van der Waals surface area contributed by atoms with Gasteiger partial charge in [0.05, 0.1) is 5.38 Å². The molecule has 92 valence electrons. The number of hydrogen-bond donors (Lipinski definition) is 0. The number of carbonyl (C=O) groups excluding carboxylic acids is 1. The highest BCUT2D eigenvalue weighted by atomic mass is 35.5. The fourth-order valence-electron chi connectivity index (χ4n) is 1.60. The predicted molar refractivity (Wildman–Crippen MR) is 66.7 cm³/mol. The van der Waals surface area contributed by atoms with Gasteiger partial charge in [0.15, 0.2) is 17.3 Å². The lowest BCUT2D eigenvalue weighted by Gasteiger charge is -2.19. The molecule has 0 saturated heterocycles. The third-order valence-electron chi connectivity index (χ3n) is 2.47. The van der Waals surface area contributed by atoms with Crippen molar-refractivity contribution >= 4 is 29.0 Å². The quantitative estimate of drug-likeness (QED) is 0.626. The minimum atomic E-state index is -0.588. The molecule has 0 amide bonds. The van der Waals surface area contributed by atoms with Gasteiger partial charge in [-0.2, -0.15) is 0 Å². The molecule has 1 unspecified atom stereocenters. The van der Waals surface area contributed by atoms with Crippen LogP contribution in [0.4, 0.5) is 0 Å². The van der Waals surface area contributed by atoms with Crippen molar-refractivity contribution < 1.29 is 14.3 Å². The van der Waals surface area contributed by atoms with Crippen molar-refractivity contribution in [3.63, 3.8) is 0 Å². The average Bonchev–Trinajstić information content (AvgIpc) is 2.37. The van der Waals surface area contributed by atoms with E-state index in [1.54, 1.807) is 18.2 Å². The van der Waals surface area contributed by atoms with Crippen LogP contribution >= 0.6 is 23.2 Å². The van der Waals surface area contributed by atoms with Gasteiger partial charge in [0.2, 0.25) is 0 Å². The Hall–Kier alpha value is -0.930. The minimum absolute atomic E-state index is 0.135. The first-order chi connectivity index (χ1) is 8.22. The van der Waals surface area contributed by atoms with E-state index >= 15 is 0 Å². The summed E-state index contributed by atoms with van der Waals surface area (Å²) < 4.78 is 10.8. The molecule has 0 saturated carbocycles. The number of ether oxygens (including phenoxy) is 2. The monoisotopic (exact) mass is 274 g/mol. The lowest BCUT2D eigenvalue weighted by molar-refractivity contribution is 0.0984. The minimum Gasteiger partial charge on any atom is -0.486 e. The molecule has 0 aliphatic carbocycles. The molecular weight excluding hydrogens is 263 g/mol. The molecule has 17 heavy (non-hydrogen) atoms. The van der Waals surface area contributed by atoms with Crippen LogP contribution in [0, 0.1) is 0 Å². The Bertz CT molecular complexity index is 420. The molecule has 0 aromatic heterocycles. The molecule has 1 aliphatic heterocycles. The zero-order valence-electron chi connectivity index (χ0n) is 9.12. The van der Waals surface area contributed by atoms with E-state index in [-0.39, 0.29) is 5.78 Å². The van der Waals surface area contributed by atoms with Gasteiger partial charge in [0, 0.05) is 11.4 Å². The van der Waals surface area contributed by atoms with Crippen LogP contribution in [-0.4, -0.2) is 30.3 Å². The number of halogens is 2. The van der Waals surface area contributed by atoms with Gasteiger partial charge in [-0.15, -0.1) is 23.2 Å². The first kappa shape index (κ1) is 12.5. The van der Waals surface area contributed by atoms with Crippen LogP contribution in [0.3, 0.4) is 0 Å². The maximum atomic E-state index is 11.9. The summed E-state index contributed by atoms with van der Waals surface area (Å²) in [7, 11) is 0. The van der Waals surface area contributed by atoms with E-state index in [4.69, 9.17) is 32.7 Å². The highest BCUT2D eigenvalue weighted by molar-refractivity contribution is 6.34. The molecule has 0 spiro atoms. The molecule has 1 heterocycles. The van der Waals surface area contributed by atoms with Crippen LogP contribution in [0.5, 0.6) is 11.5 Å². The van der Waals surface area contributed by atoms with Gasteiger partial charge in [0.1, 0.15) is 13.2 Å². The number of fused-ring (bicyclic) bond motifs is 1. The standard InChI is InChI=1S/C12H12Cl2O3/c13-4-3-9(14)12(15)8-1-2-10-11(7-8)17-6-5-16-10/h1-2,7,9H,3-6H2. The number of carbonyl (C=O) groups is 1. The lowest BCUT2D eigenvalue weighted by atomic mass is 10.1. The molecular formula is C12H12Cl2O3. The highest BCUT2D eigenvalue weighted by Crippen LogP contribution is 2.31. The summed E-state index contributed by atoms with van der Waals surface area (Å²) in [6.45, 7) is 1.03. The molecule has 1 aromatic rings. The van der Waals surface area contributed by atoms with Gasteiger partial charge in [-0.25, -0.2) is 0 Å². The number of Topliss-reactive ketones (excluding diaryl/α,β-unsaturated/α-hetero) is 1. The van der Waals surface area contributed by atoms with E-state index in [2.05, 4.69) is 0 Å². The normalized spacial score (nSPS) is 15.4. The summed E-state index contributed by atoms with van der Waals surface area (Å²) in [5, 5.41) is -0.588. The zero-order chi connectivity index (χ0) is 12.3. The Labute approximate surface area is 110 Å². The SMILES string of the molecule is O=C(c1ccc2c(c1)OCCO2)C(Cl)CCCl. The van der Waals surface area contributed by atoms with E-state index < -0.39 is 5.38 Å². The van der Waals surface area contributed by atoms with E-state index in [9.17, 15) is 4.79 Å². The molecule has 0 N–H and O–H groups in total. The van der Waals surface area contributed by atoms with Crippen LogP contribution in [0.2, 0.25) is 0 Å². The van der Waals surface area contributed by atoms with Crippen molar-refractivity contribution in [1.29, 1.82) is 0 Å². The van der Waals surface area contributed by atoms with Gasteiger partial charge in [0.25, 0.3) is 0 Å². The summed E-state index contributed by atoms with van der Waals surface area (Å²) in [5.74, 6) is 1.49. The number of ketones is 1. The molecule has 0 fully saturated rings. The molecule has 2 rings (SSSR count). The Morgan fingerprint density at radius 3 is 2.71 bits per heavy atom. The number of benzene rings is 1.